The molecule has 0 aliphatic heterocycles. The van der Waals surface area contributed by atoms with Crippen molar-refractivity contribution in [1.82, 2.24) is 9.13 Å². The van der Waals surface area contributed by atoms with E-state index in [9.17, 15) is 4.79 Å². The molecule has 1 heterocycles. The predicted octanol–water partition coefficient (Wildman–Crippen LogP) is 4.92. The average molecular weight is 428 g/mol. The first kappa shape index (κ1) is 17.1. The van der Waals surface area contributed by atoms with E-state index in [2.05, 4.69) is 15.9 Å². The van der Waals surface area contributed by atoms with Gasteiger partial charge in [-0.3, -0.25) is 4.57 Å². The summed E-state index contributed by atoms with van der Waals surface area (Å²) in [5, 5.41) is 1.04. The number of halogens is 3. The maximum Gasteiger partial charge on any atom is 0.332 e. The third-order valence-corrected chi connectivity index (χ3v) is 4.79. The van der Waals surface area contributed by atoms with Gasteiger partial charge in [-0.1, -0.05) is 29.3 Å². The van der Waals surface area contributed by atoms with E-state index in [1.165, 1.54) is 9.13 Å². The van der Waals surface area contributed by atoms with Crippen LogP contribution in [0.3, 0.4) is 0 Å². The lowest BCUT2D eigenvalue weighted by Gasteiger charge is -2.13. The smallest absolute Gasteiger partial charge is 0.332 e. The summed E-state index contributed by atoms with van der Waals surface area (Å²) in [6, 6.07) is 9.04. The first-order valence-corrected chi connectivity index (χ1v) is 8.54. The second kappa shape index (κ2) is 6.67. The van der Waals surface area contributed by atoms with E-state index in [1.807, 2.05) is 12.1 Å². The van der Waals surface area contributed by atoms with Crippen LogP contribution in [0, 0.1) is 0 Å². The Hall–Kier alpha value is -1.69. The normalized spacial score (nSPS) is 10.9. The Morgan fingerprint density at radius 2 is 1.88 bits per heavy atom. The van der Waals surface area contributed by atoms with Crippen molar-refractivity contribution in [2.24, 2.45) is 7.05 Å². The van der Waals surface area contributed by atoms with Crippen LogP contribution in [0.4, 0.5) is 0 Å². The lowest BCUT2D eigenvalue weighted by atomic mass is 10.0. The molecular weight excluding hydrogens is 415 g/mol. The van der Waals surface area contributed by atoms with Crippen LogP contribution in [0.1, 0.15) is 0 Å². The Balaban J connectivity index is 2.15. The minimum atomic E-state index is -0.160. The van der Waals surface area contributed by atoms with E-state index in [4.69, 9.17) is 27.9 Å². The van der Waals surface area contributed by atoms with Crippen LogP contribution in [0.25, 0.3) is 16.8 Å². The molecule has 0 bridgehead atoms. The lowest BCUT2D eigenvalue weighted by molar-refractivity contribution is 0.414. The summed E-state index contributed by atoms with van der Waals surface area (Å²) in [6.07, 6.45) is 3.36. The molecular formula is C17H13BrCl2N2O2. The van der Waals surface area contributed by atoms with Crippen molar-refractivity contribution in [3.05, 3.63) is 67.7 Å². The second-order valence-corrected chi connectivity index (χ2v) is 6.89. The minimum absolute atomic E-state index is 0.160. The Bertz CT molecular complexity index is 979. The molecule has 0 fully saturated rings. The third-order valence-electron chi connectivity index (χ3n) is 3.68. The van der Waals surface area contributed by atoms with Crippen LogP contribution >= 0.6 is 39.1 Å². The number of benzene rings is 2. The largest absolute Gasteiger partial charge is 0.495 e. The van der Waals surface area contributed by atoms with Gasteiger partial charge in [0.2, 0.25) is 0 Å². The fourth-order valence-corrected chi connectivity index (χ4v) is 3.74. The number of hydrogen-bond donors (Lipinski definition) is 0. The van der Waals surface area contributed by atoms with Crippen molar-refractivity contribution in [2.45, 2.75) is 0 Å². The van der Waals surface area contributed by atoms with E-state index in [1.54, 1.807) is 44.8 Å². The van der Waals surface area contributed by atoms with Crippen molar-refractivity contribution < 1.29 is 4.74 Å². The van der Waals surface area contributed by atoms with Gasteiger partial charge in [0.1, 0.15) is 5.75 Å². The summed E-state index contributed by atoms with van der Waals surface area (Å²) in [6.45, 7) is 0. The van der Waals surface area contributed by atoms with Crippen molar-refractivity contribution >= 4 is 39.1 Å². The number of methoxy groups -OCH3 is 1. The van der Waals surface area contributed by atoms with Crippen molar-refractivity contribution in [3.63, 3.8) is 0 Å². The summed E-state index contributed by atoms with van der Waals surface area (Å²) < 4.78 is 9.20. The molecule has 0 aliphatic rings. The number of hydrogen-bond acceptors (Lipinski definition) is 2. The topological polar surface area (TPSA) is 36.2 Å². The molecule has 3 rings (SSSR count). The highest BCUT2D eigenvalue weighted by Gasteiger charge is 2.14. The van der Waals surface area contributed by atoms with Gasteiger partial charge in [-0.2, -0.15) is 0 Å². The van der Waals surface area contributed by atoms with Gasteiger partial charge in [0, 0.05) is 30.0 Å². The highest BCUT2D eigenvalue weighted by atomic mass is 79.9. The average Bonchev–Trinajstić information content (AvgIpc) is 2.86. The van der Waals surface area contributed by atoms with Gasteiger partial charge in [0.15, 0.2) is 0 Å². The van der Waals surface area contributed by atoms with Crippen LogP contribution in [0.5, 0.6) is 5.75 Å². The number of ether oxygens (including phenoxy) is 1. The Morgan fingerprint density at radius 3 is 2.46 bits per heavy atom. The van der Waals surface area contributed by atoms with Crippen LogP contribution < -0.4 is 10.4 Å². The first-order chi connectivity index (χ1) is 11.4. The molecule has 0 radical (unpaired) electrons. The Kier molecular flexibility index (Phi) is 4.76. The lowest BCUT2D eigenvalue weighted by Crippen LogP contribution is -2.20. The van der Waals surface area contributed by atoms with Gasteiger partial charge in [0.05, 0.1) is 22.3 Å². The number of aromatic nitrogens is 2. The van der Waals surface area contributed by atoms with E-state index in [0.717, 1.165) is 15.6 Å². The first-order valence-electron chi connectivity index (χ1n) is 6.99. The molecule has 0 N–H and O–H groups in total. The molecule has 1 aromatic heterocycles. The monoisotopic (exact) mass is 426 g/mol. The summed E-state index contributed by atoms with van der Waals surface area (Å²) in [4.78, 5) is 12.1. The molecule has 0 unspecified atom stereocenters. The SMILES string of the molecule is COc1c(Br)cc(Cl)cc1-c1ccc(-n2ccn(C)c2=O)c(Cl)c1. The summed E-state index contributed by atoms with van der Waals surface area (Å²) in [5.41, 5.74) is 2.11. The van der Waals surface area contributed by atoms with Crippen molar-refractivity contribution in [3.8, 4) is 22.6 Å². The summed E-state index contributed by atoms with van der Waals surface area (Å²) >= 11 is 16.0. The minimum Gasteiger partial charge on any atom is -0.495 e. The van der Waals surface area contributed by atoms with Gasteiger partial charge in [-0.05, 0) is 45.8 Å². The quantitative estimate of drug-likeness (QED) is 0.594. The summed E-state index contributed by atoms with van der Waals surface area (Å²) in [7, 11) is 3.28. The summed E-state index contributed by atoms with van der Waals surface area (Å²) in [5.74, 6) is 0.667. The molecule has 3 aromatic rings. The standard InChI is InChI=1S/C17H13BrCl2N2O2/c1-21-5-6-22(17(21)23)15-4-3-10(7-14(15)20)12-8-11(19)9-13(18)16(12)24-2/h3-9H,1-2H3. The highest BCUT2D eigenvalue weighted by Crippen LogP contribution is 2.40. The number of nitrogens with zero attached hydrogens (tertiary/aromatic N) is 2. The zero-order valence-electron chi connectivity index (χ0n) is 12.9. The van der Waals surface area contributed by atoms with Gasteiger partial charge < -0.3 is 9.30 Å². The molecule has 0 aliphatic carbocycles. The molecule has 0 saturated carbocycles. The number of imidazole rings is 1. The Morgan fingerprint density at radius 1 is 1.12 bits per heavy atom. The maximum absolute atomic E-state index is 12.1. The Labute approximate surface area is 157 Å². The second-order valence-electron chi connectivity index (χ2n) is 5.20. The van der Waals surface area contributed by atoms with Gasteiger partial charge in [-0.15, -0.1) is 0 Å². The van der Waals surface area contributed by atoms with E-state index < -0.39 is 0 Å². The molecule has 124 valence electrons. The van der Waals surface area contributed by atoms with Gasteiger partial charge >= 0.3 is 5.69 Å². The molecule has 7 heteroatoms. The molecule has 24 heavy (non-hydrogen) atoms. The molecule has 0 spiro atoms. The van der Waals surface area contributed by atoms with Crippen molar-refractivity contribution in [2.75, 3.05) is 7.11 Å². The molecule has 2 aromatic carbocycles. The van der Waals surface area contributed by atoms with E-state index >= 15 is 0 Å². The van der Waals surface area contributed by atoms with Gasteiger partial charge in [-0.25, -0.2) is 4.79 Å². The molecule has 4 nitrogen and oxygen atoms in total. The highest BCUT2D eigenvalue weighted by molar-refractivity contribution is 9.10. The zero-order valence-corrected chi connectivity index (χ0v) is 16.0. The number of rotatable bonds is 3. The van der Waals surface area contributed by atoms with Crippen LogP contribution in [-0.2, 0) is 7.05 Å². The maximum atomic E-state index is 12.1. The van der Waals surface area contributed by atoms with E-state index in [0.29, 0.717) is 21.5 Å². The van der Waals surface area contributed by atoms with Gasteiger partial charge in [0.25, 0.3) is 0 Å². The fraction of sp³-hybridized carbons (Fsp3) is 0.118. The van der Waals surface area contributed by atoms with Crippen LogP contribution in [-0.4, -0.2) is 16.2 Å². The molecule has 0 amide bonds. The van der Waals surface area contributed by atoms with E-state index in [-0.39, 0.29) is 5.69 Å². The fourth-order valence-electron chi connectivity index (χ4n) is 2.50. The third kappa shape index (κ3) is 2.99. The van der Waals surface area contributed by atoms with Crippen LogP contribution in [0.15, 0.2) is 52.0 Å². The number of aryl methyl sites for hydroxylation is 1. The zero-order chi connectivity index (χ0) is 17.4. The molecule has 0 atom stereocenters. The molecule has 0 saturated heterocycles. The predicted molar refractivity (Wildman–Crippen MR) is 101 cm³/mol. The van der Waals surface area contributed by atoms with Crippen molar-refractivity contribution in [1.29, 1.82) is 0 Å². The van der Waals surface area contributed by atoms with Crippen LogP contribution in [0.2, 0.25) is 10.0 Å².